The predicted octanol–water partition coefficient (Wildman–Crippen LogP) is -0.932. The van der Waals surface area contributed by atoms with Crippen molar-refractivity contribution >= 4 is 5.97 Å². The van der Waals surface area contributed by atoms with Crippen LogP contribution in [0.25, 0.3) is 0 Å². The van der Waals surface area contributed by atoms with Crippen LogP contribution in [0, 0.1) is 6.54 Å². The molecule has 2 radical (unpaired) electrons. The van der Waals surface area contributed by atoms with Gasteiger partial charge in [0.1, 0.15) is 0 Å². The van der Waals surface area contributed by atoms with Gasteiger partial charge < -0.3 is 10.8 Å². The van der Waals surface area contributed by atoms with Gasteiger partial charge >= 0.3 is 5.97 Å². The molecule has 0 aliphatic rings. The molecule has 0 rings (SSSR count). The van der Waals surface area contributed by atoms with Gasteiger partial charge in [-0.3, -0.25) is 4.79 Å². The number of aliphatic carboxylic acids is 1. The van der Waals surface area contributed by atoms with Crippen LogP contribution in [0.3, 0.4) is 0 Å². The van der Waals surface area contributed by atoms with Gasteiger partial charge in [-0.1, -0.05) is 0 Å². The summed E-state index contributed by atoms with van der Waals surface area (Å²) in [4.78, 5) is 9.13. The third-order valence-electron chi connectivity index (χ3n) is 0.123. The van der Waals surface area contributed by atoms with Crippen LogP contribution in [0.5, 0.6) is 0 Å². The number of hydrogen-bond acceptors (Lipinski definition) is 2. The molecule has 28 valence electrons. The first-order valence-corrected chi connectivity index (χ1v) is 0.966. The lowest BCUT2D eigenvalue weighted by atomic mass is 10.7. The third kappa shape index (κ3) is 3.43. The van der Waals surface area contributed by atoms with Crippen LogP contribution in [-0.4, -0.2) is 11.1 Å². The standard InChI is InChI=1S/C2H3NO2/c3-1-2(4)5/h3H2,(H,4,5). The van der Waals surface area contributed by atoms with E-state index in [-0.39, 0.29) is 0 Å². The van der Waals surface area contributed by atoms with E-state index in [2.05, 4.69) is 5.73 Å². The third-order valence-corrected chi connectivity index (χ3v) is 0.123. The summed E-state index contributed by atoms with van der Waals surface area (Å²) in [7, 11) is 0. The highest BCUT2D eigenvalue weighted by Crippen LogP contribution is 1.53. The van der Waals surface area contributed by atoms with Crippen molar-refractivity contribution in [1.29, 1.82) is 0 Å². The fourth-order valence-electron chi connectivity index (χ4n) is 0. The molecule has 3 nitrogen and oxygen atoms in total. The Balaban J connectivity index is 2.85. The highest BCUT2D eigenvalue weighted by atomic mass is 16.4. The van der Waals surface area contributed by atoms with Crippen LogP contribution in [0.15, 0.2) is 0 Å². The average Bonchev–Trinajstić information content (AvgIpc) is 1.38. The molecule has 5 heavy (non-hydrogen) atoms. The molecule has 0 unspecified atom stereocenters. The number of carboxylic acid groups (broad SMARTS) is 1. The summed E-state index contributed by atoms with van der Waals surface area (Å²) in [5, 5.41) is 7.49. The molecule has 0 aromatic carbocycles. The molecule has 3 N–H and O–H groups in total. The van der Waals surface area contributed by atoms with Crippen LogP contribution >= 0.6 is 0 Å². The fraction of sp³-hybridized carbons (Fsp3) is 0. The van der Waals surface area contributed by atoms with Gasteiger partial charge in [-0.2, -0.15) is 0 Å². The maximum Gasteiger partial charge on any atom is 0.329 e. The highest BCUT2D eigenvalue weighted by Gasteiger charge is 1.84. The normalized spacial score (nSPS) is 7.40. The molecule has 0 saturated heterocycles. The average molecular weight is 73.1 g/mol. The second kappa shape index (κ2) is 1.72. The van der Waals surface area contributed by atoms with Gasteiger partial charge in [0, 0.05) is 0 Å². The van der Waals surface area contributed by atoms with Gasteiger partial charge in [-0.25, -0.2) is 0 Å². The molecule has 0 aliphatic carbocycles. The first kappa shape index (κ1) is 4.43. The zero-order valence-electron chi connectivity index (χ0n) is 2.43. The van der Waals surface area contributed by atoms with E-state index < -0.39 is 5.97 Å². The number of carboxylic acids is 1. The van der Waals surface area contributed by atoms with Crippen molar-refractivity contribution in [1.82, 2.24) is 0 Å². The zero-order valence-corrected chi connectivity index (χ0v) is 2.43. The smallest absolute Gasteiger partial charge is 0.329 e. The second-order valence-electron chi connectivity index (χ2n) is 0.449. The van der Waals surface area contributed by atoms with E-state index in [0.29, 0.717) is 0 Å². The number of rotatable bonds is 1. The van der Waals surface area contributed by atoms with Gasteiger partial charge in [0.2, 0.25) is 0 Å². The number of carbonyl (C=O) groups is 1. The molecule has 0 saturated carbocycles. The van der Waals surface area contributed by atoms with Crippen LogP contribution in [-0.2, 0) is 4.79 Å². The van der Waals surface area contributed by atoms with Crippen molar-refractivity contribution in [2.45, 2.75) is 0 Å². The van der Waals surface area contributed by atoms with E-state index in [0.717, 1.165) is 0 Å². The fourth-order valence-corrected chi connectivity index (χ4v) is 0. The molecular weight excluding hydrogens is 70.0 g/mol. The molecule has 0 aromatic rings. The Hall–Kier alpha value is -0.570. The molecule has 0 heterocycles. The maximum absolute atomic E-state index is 9.13. The van der Waals surface area contributed by atoms with Crippen LogP contribution in [0.1, 0.15) is 0 Å². The highest BCUT2D eigenvalue weighted by molar-refractivity contribution is 5.75. The summed E-state index contributed by atoms with van der Waals surface area (Å²) < 4.78 is 0. The van der Waals surface area contributed by atoms with Crippen molar-refractivity contribution < 1.29 is 9.90 Å². The van der Waals surface area contributed by atoms with Crippen molar-refractivity contribution in [2.75, 3.05) is 0 Å². The van der Waals surface area contributed by atoms with E-state index in [4.69, 9.17) is 9.90 Å². The second-order valence-corrected chi connectivity index (χ2v) is 0.449. The van der Waals surface area contributed by atoms with Gasteiger partial charge in [-0.15, -0.1) is 0 Å². The summed E-state index contributed by atoms with van der Waals surface area (Å²) in [5.74, 6) is -1.22. The Kier molecular flexibility index (Phi) is 1.53. The van der Waals surface area contributed by atoms with Gasteiger partial charge in [0.25, 0.3) is 0 Å². The van der Waals surface area contributed by atoms with Crippen molar-refractivity contribution in [2.24, 2.45) is 5.73 Å². The SMILES string of the molecule is N[C]C(=O)O. The summed E-state index contributed by atoms with van der Waals surface area (Å²) >= 11 is 0. The number of hydrogen-bond donors (Lipinski definition) is 2. The summed E-state index contributed by atoms with van der Waals surface area (Å²) in [6, 6.07) is 0. The van der Waals surface area contributed by atoms with Crippen molar-refractivity contribution in [3.8, 4) is 0 Å². The van der Waals surface area contributed by atoms with Crippen LogP contribution < -0.4 is 5.73 Å². The molecule has 0 amide bonds. The minimum Gasteiger partial charge on any atom is -0.480 e. The Bertz CT molecular complexity index is 42.9. The molecular formula is C2H3NO2. The van der Waals surface area contributed by atoms with E-state index in [9.17, 15) is 0 Å². The lowest BCUT2D eigenvalue weighted by molar-refractivity contribution is -0.133. The minimum absolute atomic E-state index is 1.22. The maximum atomic E-state index is 9.13. The molecule has 0 spiro atoms. The van der Waals surface area contributed by atoms with Crippen LogP contribution in [0.2, 0.25) is 0 Å². The molecule has 0 fully saturated rings. The monoisotopic (exact) mass is 73.0 g/mol. The van der Waals surface area contributed by atoms with Gasteiger partial charge in [0.05, 0.1) is 0 Å². The molecule has 0 bridgehead atoms. The summed E-state index contributed by atoms with van der Waals surface area (Å²) in [5.41, 5.74) is 4.32. The number of nitrogens with two attached hydrogens (primary N) is 1. The van der Waals surface area contributed by atoms with Gasteiger partial charge in [0.15, 0.2) is 6.54 Å². The summed E-state index contributed by atoms with van der Waals surface area (Å²) in [6.07, 6.45) is 0. The van der Waals surface area contributed by atoms with E-state index in [1.54, 1.807) is 0 Å². The first-order chi connectivity index (χ1) is 2.27. The quantitative estimate of drug-likeness (QED) is 0.394. The predicted molar refractivity (Wildman–Crippen MR) is 15.1 cm³/mol. The molecule has 0 aromatic heterocycles. The van der Waals surface area contributed by atoms with Crippen molar-refractivity contribution in [3.05, 3.63) is 6.54 Å². The lowest BCUT2D eigenvalue weighted by Crippen LogP contribution is -2.02. The Morgan fingerprint density at radius 3 is 2.20 bits per heavy atom. The van der Waals surface area contributed by atoms with Crippen LogP contribution in [0.4, 0.5) is 0 Å². The molecule has 0 atom stereocenters. The van der Waals surface area contributed by atoms with Crippen molar-refractivity contribution in [3.63, 3.8) is 0 Å². The van der Waals surface area contributed by atoms with E-state index in [1.165, 1.54) is 6.54 Å². The summed E-state index contributed by atoms with van der Waals surface area (Å²) in [6.45, 7) is 1.44. The molecule has 0 aliphatic heterocycles. The first-order valence-electron chi connectivity index (χ1n) is 0.966. The Labute approximate surface area is 29.4 Å². The topological polar surface area (TPSA) is 63.3 Å². The largest absolute Gasteiger partial charge is 0.480 e. The lowest BCUT2D eigenvalue weighted by Gasteiger charge is -1.70. The Morgan fingerprint density at radius 1 is 2.00 bits per heavy atom. The van der Waals surface area contributed by atoms with E-state index in [1.807, 2.05) is 0 Å². The Morgan fingerprint density at radius 2 is 2.20 bits per heavy atom. The van der Waals surface area contributed by atoms with E-state index >= 15 is 0 Å². The zero-order chi connectivity index (χ0) is 4.28. The van der Waals surface area contributed by atoms with Gasteiger partial charge in [-0.05, 0) is 0 Å². The minimum atomic E-state index is -1.22. The molecule has 3 heteroatoms.